The monoisotopic (exact) mass is 239 g/mol. The van der Waals surface area contributed by atoms with Crippen molar-refractivity contribution in [3.63, 3.8) is 0 Å². The Hall–Kier alpha value is -0.870. The second kappa shape index (κ2) is 5.46. The molecule has 2 heterocycles. The second-order valence-electron chi connectivity index (χ2n) is 4.36. The molecule has 88 valence electrons. The Kier molecular flexibility index (Phi) is 3.96. The van der Waals surface area contributed by atoms with E-state index in [0.717, 1.165) is 32.1 Å². The number of hydrogen-bond donors (Lipinski definition) is 2. The maximum Gasteiger partial charge on any atom is 0.320 e. The van der Waals surface area contributed by atoms with Crippen LogP contribution < -0.4 is 5.32 Å². The van der Waals surface area contributed by atoms with Gasteiger partial charge in [0.25, 0.3) is 0 Å². The largest absolute Gasteiger partial charge is 0.480 e. The summed E-state index contributed by atoms with van der Waals surface area (Å²) in [6.45, 7) is 0. The molecule has 0 bridgehead atoms. The zero-order valence-corrected chi connectivity index (χ0v) is 10.0. The van der Waals surface area contributed by atoms with Crippen LogP contribution in [-0.4, -0.2) is 23.2 Å². The molecular formula is C12H17NO2S. The molecule has 0 aliphatic carbocycles. The van der Waals surface area contributed by atoms with Gasteiger partial charge < -0.3 is 10.4 Å². The number of piperidine rings is 1. The van der Waals surface area contributed by atoms with E-state index in [0.29, 0.717) is 6.04 Å². The van der Waals surface area contributed by atoms with E-state index in [1.54, 1.807) is 11.3 Å². The van der Waals surface area contributed by atoms with Crippen LogP contribution in [-0.2, 0) is 11.2 Å². The van der Waals surface area contributed by atoms with Crippen LogP contribution in [0.5, 0.6) is 0 Å². The van der Waals surface area contributed by atoms with Crippen molar-refractivity contribution in [1.29, 1.82) is 0 Å². The van der Waals surface area contributed by atoms with Gasteiger partial charge in [-0.15, -0.1) is 0 Å². The summed E-state index contributed by atoms with van der Waals surface area (Å²) in [6.07, 6.45) is 4.99. The van der Waals surface area contributed by atoms with E-state index in [2.05, 4.69) is 22.1 Å². The normalized spacial score (nSPS) is 25.5. The number of carbonyl (C=O) groups is 1. The van der Waals surface area contributed by atoms with Crippen LogP contribution in [0.4, 0.5) is 0 Å². The Morgan fingerprint density at radius 2 is 2.44 bits per heavy atom. The lowest BCUT2D eigenvalue weighted by Gasteiger charge is -2.28. The van der Waals surface area contributed by atoms with Crippen LogP contribution in [0, 0.1) is 0 Å². The Bertz CT molecular complexity index is 337. The van der Waals surface area contributed by atoms with Gasteiger partial charge in [-0.25, -0.2) is 0 Å². The van der Waals surface area contributed by atoms with Gasteiger partial charge in [0.2, 0.25) is 0 Å². The molecule has 0 saturated carbocycles. The van der Waals surface area contributed by atoms with Crippen molar-refractivity contribution >= 4 is 17.3 Å². The standard InChI is InChI=1S/C12H17NO2S/c14-12(15)11-3-1-2-10(13-11)5-4-9-6-7-16-8-9/h6-8,10-11,13H,1-5H2,(H,14,15). The van der Waals surface area contributed by atoms with E-state index < -0.39 is 5.97 Å². The average molecular weight is 239 g/mol. The van der Waals surface area contributed by atoms with Gasteiger partial charge in [0, 0.05) is 6.04 Å². The Balaban J connectivity index is 1.79. The summed E-state index contributed by atoms with van der Waals surface area (Å²) in [5.74, 6) is -0.708. The molecule has 0 radical (unpaired) electrons. The smallest absolute Gasteiger partial charge is 0.320 e. The molecule has 1 aliphatic heterocycles. The SMILES string of the molecule is O=C(O)C1CCCC(CCc2ccsc2)N1. The molecular weight excluding hydrogens is 222 g/mol. The number of nitrogens with one attached hydrogen (secondary N) is 1. The van der Waals surface area contributed by atoms with Crippen molar-refractivity contribution in [2.45, 2.75) is 44.2 Å². The lowest BCUT2D eigenvalue weighted by atomic mass is 9.94. The van der Waals surface area contributed by atoms with Crippen molar-refractivity contribution in [1.82, 2.24) is 5.32 Å². The fourth-order valence-electron chi connectivity index (χ4n) is 2.22. The summed E-state index contributed by atoms with van der Waals surface area (Å²) in [5, 5.41) is 16.4. The number of rotatable bonds is 4. The summed E-state index contributed by atoms with van der Waals surface area (Å²) in [5.41, 5.74) is 1.37. The molecule has 4 heteroatoms. The number of aryl methyl sites for hydroxylation is 1. The van der Waals surface area contributed by atoms with Crippen LogP contribution in [0.3, 0.4) is 0 Å². The molecule has 1 aromatic rings. The molecule has 2 unspecified atom stereocenters. The molecule has 1 aliphatic rings. The first-order chi connectivity index (χ1) is 7.75. The van der Waals surface area contributed by atoms with Gasteiger partial charge in [-0.05, 0) is 54.5 Å². The molecule has 1 fully saturated rings. The van der Waals surface area contributed by atoms with E-state index in [1.807, 2.05) is 0 Å². The summed E-state index contributed by atoms with van der Waals surface area (Å²) < 4.78 is 0. The van der Waals surface area contributed by atoms with Gasteiger partial charge in [0.15, 0.2) is 0 Å². The fourth-order valence-corrected chi connectivity index (χ4v) is 2.92. The van der Waals surface area contributed by atoms with Gasteiger partial charge in [-0.1, -0.05) is 0 Å². The predicted octanol–water partition coefficient (Wildman–Crippen LogP) is 2.28. The summed E-state index contributed by atoms with van der Waals surface area (Å²) in [7, 11) is 0. The zero-order valence-electron chi connectivity index (χ0n) is 9.19. The van der Waals surface area contributed by atoms with E-state index in [-0.39, 0.29) is 6.04 Å². The van der Waals surface area contributed by atoms with Crippen molar-refractivity contribution in [2.75, 3.05) is 0 Å². The first-order valence-electron chi connectivity index (χ1n) is 5.75. The van der Waals surface area contributed by atoms with Crippen molar-refractivity contribution in [2.24, 2.45) is 0 Å². The first kappa shape index (κ1) is 11.6. The predicted molar refractivity (Wildman–Crippen MR) is 64.8 cm³/mol. The highest BCUT2D eigenvalue weighted by atomic mass is 32.1. The molecule has 2 N–H and O–H groups in total. The molecule has 3 nitrogen and oxygen atoms in total. The molecule has 0 spiro atoms. The lowest BCUT2D eigenvalue weighted by molar-refractivity contribution is -0.140. The van der Waals surface area contributed by atoms with Gasteiger partial charge >= 0.3 is 5.97 Å². The van der Waals surface area contributed by atoms with Crippen molar-refractivity contribution in [3.8, 4) is 0 Å². The van der Waals surface area contributed by atoms with E-state index in [9.17, 15) is 4.79 Å². The fraction of sp³-hybridized carbons (Fsp3) is 0.583. The van der Waals surface area contributed by atoms with Crippen LogP contribution in [0.25, 0.3) is 0 Å². The van der Waals surface area contributed by atoms with E-state index in [1.165, 1.54) is 5.56 Å². The minimum Gasteiger partial charge on any atom is -0.480 e. The highest BCUT2D eigenvalue weighted by Crippen LogP contribution is 2.18. The Morgan fingerprint density at radius 1 is 1.56 bits per heavy atom. The van der Waals surface area contributed by atoms with Crippen molar-refractivity contribution in [3.05, 3.63) is 22.4 Å². The molecule has 1 saturated heterocycles. The maximum absolute atomic E-state index is 10.9. The summed E-state index contributed by atoms with van der Waals surface area (Å²) in [4.78, 5) is 10.9. The Labute approximate surface area is 99.5 Å². The molecule has 0 aromatic carbocycles. The maximum atomic E-state index is 10.9. The third kappa shape index (κ3) is 3.06. The van der Waals surface area contributed by atoms with E-state index in [4.69, 9.17) is 5.11 Å². The number of carboxylic acids is 1. The number of thiophene rings is 1. The topological polar surface area (TPSA) is 49.3 Å². The number of carboxylic acid groups (broad SMARTS) is 1. The molecule has 2 atom stereocenters. The first-order valence-corrected chi connectivity index (χ1v) is 6.70. The molecule has 2 rings (SSSR count). The van der Waals surface area contributed by atoms with Crippen LogP contribution in [0.1, 0.15) is 31.2 Å². The minimum absolute atomic E-state index is 0.332. The average Bonchev–Trinajstić information content (AvgIpc) is 2.79. The number of aliphatic carboxylic acids is 1. The highest BCUT2D eigenvalue weighted by Gasteiger charge is 2.25. The van der Waals surface area contributed by atoms with Crippen LogP contribution in [0.2, 0.25) is 0 Å². The van der Waals surface area contributed by atoms with Crippen LogP contribution in [0.15, 0.2) is 16.8 Å². The zero-order chi connectivity index (χ0) is 11.4. The Morgan fingerprint density at radius 3 is 3.12 bits per heavy atom. The molecule has 0 amide bonds. The lowest BCUT2D eigenvalue weighted by Crippen LogP contribution is -2.46. The van der Waals surface area contributed by atoms with Crippen molar-refractivity contribution < 1.29 is 9.90 Å². The molecule has 1 aromatic heterocycles. The quantitative estimate of drug-likeness (QED) is 0.847. The van der Waals surface area contributed by atoms with Gasteiger partial charge in [-0.2, -0.15) is 11.3 Å². The second-order valence-corrected chi connectivity index (χ2v) is 5.14. The van der Waals surface area contributed by atoms with Gasteiger partial charge in [-0.3, -0.25) is 4.79 Å². The third-order valence-electron chi connectivity index (χ3n) is 3.14. The molecule has 16 heavy (non-hydrogen) atoms. The number of hydrogen-bond acceptors (Lipinski definition) is 3. The van der Waals surface area contributed by atoms with Gasteiger partial charge in [0.05, 0.1) is 0 Å². The van der Waals surface area contributed by atoms with Crippen LogP contribution >= 0.6 is 11.3 Å². The third-order valence-corrected chi connectivity index (χ3v) is 3.87. The summed E-state index contributed by atoms with van der Waals surface area (Å²) >= 11 is 1.72. The van der Waals surface area contributed by atoms with Gasteiger partial charge in [0.1, 0.15) is 6.04 Å². The minimum atomic E-state index is -0.708. The van der Waals surface area contributed by atoms with E-state index >= 15 is 0 Å². The highest BCUT2D eigenvalue weighted by molar-refractivity contribution is 7.07. The summed E-state index contributed by atoms with van der Waals surface area (Å²) in [6, 6.07) is 2.18.